The Balaban J connectivity index is 1.12. The van der Waals surface area contributed by atoms with E-state index < -0.39 is 6.04 Å². The van der Waals surface area contributed by atoms with Gasteiger partial charge in [0.15, 0.2) is 5.11 Å². The molecule has 8 nitrogen and oxygen atoms in total. The lowest BCUT2D eigenvalue weighted by Gasteiger charge is -2.37. The van der Waals surface area contributed by atoms with Gasteiger partial charge in [0.1, 0.15) is 11.8 Å². The lowest BCUT2D eigenvalue weighted by Crippen LogP contribution is -2.48. The van der Waals surface area contributed by atoms with Crippen molar-refractivity contribution < 1.29 is 14.3 Å². The van der Waals surface area contributed by atoms with Gasteiger partial charge in [-0.25, -0.2) is 0 Å². The number of aromatic amines is 1. The number of piperazine rings is 1. The summed E-state index contributed by atoms with van der Waals surface area (Å²) in [5.41, 5.74) is 4.95. The molecule has 4 heterocycles. The van der Waals surface area contributed by atoms with Gasteiger partial charge in [-0.2, -0.15) is 0 Å². The van der Waals surface area contributed by atoms with Crippen molar-refractivity contribution in [3.63, 3.8) is 0 Å². The first kappa shape index (κ1) is 30.2. The molecule has 232 valence electrons. The molecule has 2 fully saturated rings. The normalized spacial score (nSPS) is 20.1. The number of hydrogen-bond acceptors (Lipinski definition) is 5. The summed E-state index contributed by atoms with van der Waals surface area (Å²) in [5, 5.41) is 2.19. The van der Waals surface area contributed by atoms with Crippen LogP contribution in [0, 0.1) is 0 Å². The SMILES string of the molecule is CC(=O)N1CCN(CCCOc2ccc(C3c4[nH]c5ccc(Br)cc5c4CC4C(=O)N(c5ccc(Cl)cc5)C(=S)N43)cc2)CC1. The van der Waals surface area contributed by atoms with Crippen LogP contribution in [-0.2, 0) is 16.0 Å². The number of hydrogen-bond donors (Lipinski definition) is 1. The van der Waals surface area contributed by atoms with E-state index in [1.165, 1.54) is 0 Å². The summed E-state index contributed by atoms with van der Waals surface area (Å²) in [7, 11) is 0. The molecule has 0 radical (unpaired) electrons. The number of carbonyl (C=O) groups is 2. The minimum Gasteiger partial charge on any atom is -0.494 e. The maximum absolute atomic E-state index is 14.0. The first-order valence-electron chi connectivity index (χ1n) is 15.2. The Morgan fingerprint density at radius 1 is 1.04 bits per heavy atom. The molecule has 2 amide bonds. The highest BCUT2D eigenvalue weighted by Crippen LogP contribution is 2.45. The highest BCUT2D eigenvalue weighted by atomic mass is 79.9. The molecule has 0 saturated carbocycles. The zero-order chi connectivity index (χ0) is 31.2. The maximum Gasteiger partial charge on any atom is 0.256 e. The molecular formula is C34H33BrClN5O3S. The Morgan fingerprint density at radius 2 is 1.78 bits per heavy atom. The molecule has 7 rings (SSSR count). The number of thiocarbonyl (C=S) groups is 1. The summed E-state index contributed by atoms with van der Waals surface area (Å²) in [6, 6.07) is 20.9. The Bertz CT molecular complexity index is 1770. The van der Waals surface area contributed by atoms with Gasteiger partial charge in [-0.05, 0) is 84.4 Å². The molecule has 1 N–H and O–H groups in total. The van der Waals surface area contributed by atoms with E-state index >= 15 is 0 Å². The smallest absolute Gasteiger partial charge is 0.256 e. The zero-order valence-corrected chi connectivity index (χ0v) is 28.0. The minimum atomic E-state index is -0.433. The van der Waals surface area contributed by atoms with Gasteiger partial charge in [0.2, 0.25) is 5.91 Å². The van der Waals surface area contributed by atoms with E-state index in [-0.39, 0.29) is 17.9 Å². The van der Waals surface area contributed by atoms with Crippen LogP contribution in [0.5, 0.6) is 5.75 Å². The van der Waals surface area contributed by atoms with Crippen LogP contribution >= 0.6 is 39.7 Å². The fourth-order valence-electron chi connectivity index (χ4n) is 6.78. The van der Waals surface area contributed by atoms with E-state index in [4.69, 9.17) is 28.6 Å². The van der Waals surface area contributed by atoms with Crippen molar-refractivity contribution in [3.8, 4) is 5.75 Å². The van der Waals surface area contributed by atoms with Gasteiger partial charge in [-0.1, -0.05) is 39.7 Å². The van der Waals surface area contributed by atoms with E-state index in [0.29, 0.717) is 28.9 Å². The van der Waals surface area contributed by atoms with Crippen LogP contribution in [0.25, 0.3) is 10.9 Å². The number of nitrogens with zero attached hydrogens (tertiary/aromatic N) is 4. The number of fused-ring (bicyclic) bond motifs is 4. The number of aromatic nitrogens is 1. The number of H-pyrrole nitrogens is 1. The van der Waals surface area contributed by atoms with Gasteiger partial charge in [-0.3, -0.25) is 19.4 Å². The lowest BCUT2D eigenvalue weighted by atomic mass is 9.89. The second-order valence-electron chi connectivity index (χ2n) is 11.8. The van der Waals surface area contributed by atoms with Crippen molar-refractivity contribution >= 4 is 73.3 Å². The predicted molar refractivity (Wildman–Crippen MR) is 184 cm³/mol. The molecular weight excluding hydrogens is 674 g/mol. The van der Waals surface area contributed by atoms with Crippen LogP contribution < -0.4 is 9.64 Å². The topological polar surface area (TPSA) is 72.1 Å². The van der Waals surface area contributed by atoms with Crippen molar-refractivity contribution in [2.75, 3.05) is 44.2 Å². The van der Waals surface area contributed by atoms with Crippen molar-refractivity contribution in [1.29, 1.82) is 0 Å². The molecule has 2 saturated heterocycles. The van der Waals surface area contributed by atoms with Crippen LogP contribution in [0.4, 0.5) is 5.69 Å². The molecule has 0 spiro atoms. The number of ether oxygens (including phenoxy) is 1. The molecule has 2 atom stereocenters. The van der Waals surface area contributed by atoms with Crippen LogP contribution in [-0.4, -0.2) is 82.0 Å². The molecule has 1 aromatic heterocycles. The molecule has 0 aliphatic carbocycles. The van der Waals surface area contributed by atoms with E-state index in [2.05, 4.69) is 55.0 Å². The number of halogens is 2. The van der Waals surface area contributed by atoms with Crippen molar-refractivity contribution in [1.82, 2.24) is 19.7 Å². The Labute approximate surface area is 281 Å². The number of benzene rings is 3. The van der Waals surface area contributed by atoms with E-state index in [1.54, 1.807) is 24.0 Å². The second kappa shape index (κ2) is 12.4. The standard InChI is InChI=1S/C34H33BrClN5O3S/c1-21(42)39-16-14-38(15-17-39)13-2-18-44-26-10-3-22(4-11-26)32-31-28(27-19-23(35)5-12-29(27)37-31)20-30-33(43)40(34(45)41(30)32)25-8-6-24(36)7-9-25/h3-12,19,30,32,37H,2,13-18,20H2,1H3. The van der Waals surface area contributed by atoms with E-state index in [1.807, 2.05) is 35.2 Å². The van der Waals surface area contributed by atoms with Crippen LogP contribution in [0.3, 0.4) is 0 Å². The van der Waals surface area contributed by atoms with Crippen molar-refractivity contribution in [3.05, 3.63) is 93.0 Å². The lowest BCUT2D eigenvalue weighted by molar-refractivity contribution is -0.130. The zero-order valence-electron chi connectivity index (χ0n) is 24.8. The van der Waals surface area contributed by atoms with Crippen LogP contribution in [0.15, 0.2) is 71.2 Å². The van der Waals surface area contributed by atoms with Crippen molar-refractivity contribution in [2.24, 2.45) is 0 Å². The summed E-state index contributed by atoms with van der Waals surface area (Å²) in [4.78, 5) is 37.3. The highest BCUT2D eigenvalue weighted by molar-refractivity contribution is 9.10. The second-order valence-corrected chi connectivity index (χ2v) is 13.5. The third-order valence-corrected chi connectivity index (χ3v) is 10.2. The summed E-state index contributed by atoms with van der Waals surface area (Å²) >= 11 is 15.8. The van der Waals surface area contributed by atoms with Gasteiger partial charge in [0.25, 0.3) is 5.91 Å². The van der Waals surface area contributed by atoms with Gasteiger partial charge in [0, 0.05) is 72.2 Å². The van der Waals surface area contributed by atoms with E-state index in [9.17, 15) is 9.59 Å². The summed E-state index contributed by atoms with van der Waals surface area (Å²) in [6.45, 7) is 6.57. The summed E-state index contributed by atoms with van der Waals surface area (Å²) < 4.78 is 7.11. The van der Waals surface area contributed by atoms with Gasteiger partial charge in [0.05, 0.1) is 18.3 Å². The maximum atomic E-state index is 14.0. The first-order chi connectivity index (χ1) is 21.8. The molecule has 4 aromatic rings. The Morgan fingerprint density at radius 3 is 2.49 bits per heavy atom. The number of rotatable bonds is 7. The predicted octanol–water partition coefficient (Wildman–Crippen LogP) is 6.16. The van der Waals surface area contributed by atoms with Crippen molar-refractivity contribution in [2.45, 2.75) is 31.8 Å². The molecule has 2 unspecified atom stereocenters. The highest BCUT2D eigenvalue weighted by Gasteiger charge is 2.51. The number of nitrogens with one attached hydrogen (secondary N) is 1. The minimum absolute atomic E-state index is 0.0371. The third-order valence-electron chi connectivity index (χ3n) is 9.09. The number of amides is 2. The monoisotopic (exact) mass is 705 g/mol. The number of carbonyl (C=O) groups excluding carboxylic acids is 2. The summed E-state index contributed by atoms with van der Waals surface area (Å²) in [5.74, 6) is 0.914. The number of anilines is 1. The average molecular weight is 707 g/mol. The van der Waals surface area contributed by atoms with Gasteiger partial charge < -0.3 is 19.5 Å². The summed E-state index contributed by atoms with van der Waals surface area (Å²) in [6.07, 6.45) is 1.46. The fraction of sp³-hybridized carbons (Fsp3) is 0.324. The fourth-order valence-corrected chi connectivity index (χ4v) is 7.69. The third kappa shape index (κ3) is 5.73. The molecule has 11 heteroatoms. The Hall–Kier alpha value is -3.44. The van der Waals surface area contributed by atoms with Gasteiger partial charge in [-0.15, -0.1) is 0 Å². The first-order valence-corrected chi connectivity index (χ1v) is 16.8. The van der Waals surface area contributed by atoms with Crippen LogP contribution in [0.2, 0.25) is 5.02 Å². The molecule has 3 aliphatic rings. The largest absolute Gasteiger partial charge is 0.494 e. The molecule has 45 heavy (non-hydrogen) atoms. The molecule has 0 bridgehead atoms. The van der Waals surface area contributed by atoms with Gasteiger partial charge >= 0.3 is 0 Å². The van der Waals surface area contributed by atoms with Crippen LogP contribution in [0.1, 0.15) is 36.2 Å². The quantitative estimate of drug-likeness (QED) is 0.183. The molecule has 3 aromatic carbocycles. The molecule has 3 aliphatic heterocycles. The average Bonchev–Trinajstić information content (AvgIpc) is 3.52. The van der Waals surface area contributed by atoms with E-state index in [0.717, 1.165) is 77.1 Å². The Kier molecular flexibility index (Phi) is 8.33.